The molecule has 0 unspecified atom stereocenters. The van der Waals surface area contributed by atoms with E-state index in [2.05, 4.69) is 29.6 Å². The Bertz CT molecular complexity index is 396. The third-order valence-corrected chi connectivity index (χ3v) is 2.52. The van der Waals surface area contributed by atoms with Gasteiger partial charge in [0.2, 0.25) is 0 Å². The molecule has 0 aliphatic rings. The van der Waals surface area contributed by atoms with Crippen molar-refractivity contribution in [1.82, 2.24) is 5.43 Å². The number of carbonyl (C=O) groups is 1. The first kappa shape index (κ1) is 13.2. The van der Waals surface area contributed by atoms with Crippen LogP contribution >= 0.6 is 0 Å². The normalized spacial score (nSPS) is 11.3. The van der Waals surface area contributed by atoms with Crippen LogP contribution in [0.15, 0.2) is 29.4 Å². The maximum atomic E-state index is 10.5. The topological polar surface area (TPSA) is 67.5 Å². The molecule has 4 heteroatoms. The molecule has 0 spiro atoms. The van der Waals surface area contributed by atoms with Crippen molar-refractivity contribution in [2.24, 2.45) is 10.8 Å². The Labute approximate surface area is 102 Å². The van der Waals surface area contributed by atoms with Gasteiger partial charge in [-0.15, -0.1) is 0 Å². The van der Waals surface area contributed by atoms with E-state index in [9.17, 15) is 4.79 Å². The second-order valence-corrected chi connectivity index (χ2v) is 3.97. The monoisotopic (exact) mass is 233 g/mol. The van der Waals surface area contributed by atoms with Gasteiger partial charge in [-0.2, -0.15) is 5.10 Å². The van der Waals surface area contributed by atoms with Gasteiger partial charge in [0, 0.05) is 0 Å². The van der Waals surface area contributed by atoms with Gasteiger partial charge >= 0.3 is 6.03 Å². The Kier molecular flexibility index (Phi) is 5.20. The van der Waals surface area contributed by atoms with Crippen molar-refractivity contribution in [2.75, 3.05) is 0 Å². The summed E-state index contributed by atoms with van der Waals surface area (Å²) in [5.74, 6) is 0. The summed E-state index contributed by atoms with van der Waals surface area (Å²) >= 11 is 0. The number of nitrogens with one attached hydrogen (secondary N) is 1. The van der Waals surface area contributed by atoms with Crippen LogP contribution in [0.5, 0.6) is 0 Å². The first-order valence-corrected chi connectivity index (χ1v) is 5.82. The van der Waals surface area contributed by atoms with E-state index in [1.54, 1.807) is 0 Å². The SMILES string of the molecule is CCCCc1ccc(/C(C)=N/NC(N)=O)cc1. The molecule has 0 aliphatic heterocycles. The largest absolute Gasteiger partial charge is 0.350 e. The average molecular weight is 233 g/mol. The summed E-state index contributed by atoms with van der Waals surface area (Å²) in [6.07, 6.45) is 3.51. The highest BCUT2D eigenvalue weighted by atomic mass is 16.2. The van der Waals surface area contributed by atoms with Gasteiger partial charge in [0.15, 0.2) is 0 Å². The van der Waals surface area contributed by atoms with Crippen molar-refractivity contribution in [3.05, 3.63) is 35.4 Å². The number of amides is 2. The van der Waals surface area contributed by atoms with Crippen molar-refractivity contribution in [3.8, 4) is 0 Å². The second-order valence-electron chi connectivity index (χ2n) is 3.97. The minimum absolute atomic E-state index is 0.649. The molecule has 1 rings (SSSR count). The molecule has 92 valence electrons. The average Bonchev–Trinajstić information content (AvgIpc) is 2.34. The molecule has 1 aromatic carbocycles. The van der Waals surface area contributed by atoms with Gasteiger partial charge in [-0.3, -0.25) is 0 Å². The lowest BCUT2D eigenvalue weighted by Gasteiger charge is -2.03. The van der Waals surface area contributed by atoms with Crippen molar-refractivity contribution in [3.63, 3.8) is 0 Å². The number of benzene rings is 1. The number of nitrogens with zero attached hydrogens (tertiary/aromatic N) is 1. The van der Waals surface area contributed by atoms with Gasteiger partial charge < -0.3 is 5.73 Å². The Morgan fingerprint density at radius 2 is 2.00 bits per heavy atom. The number of aryl methyl sites for hydroxylation is 1. The highest BCUT2D eigenvalue weighted by molar-refractivity contribution is 5.99. The molecular weight excluding hydrogens is 214 g/mol. The lowest BCUT2D eigenvalue weighted by molar-refractivity contribution is 0.249. The van der Waals surface area contributed by atoms with E-state index in [4.69, 9.17) is 5.73 Å². The minimum atomic E-state index is -0.649. The van der Waals surface area contributed by atoms with E-state index in [1.165, 1.54) is 18.4 Å². The zero-order valence-electron chi connectivity index (χ0n) is 10.4. The standard InChI is InChI=1S/C13H19N3O/c1-3-4-5-11-6-8-12(9-7-11)10(2)15-16-13(14)17/h6-9H,3-5H2,1-2H3,(H3,14,16,17)/b15-10+. The van der Waals surface area contributed by atoms with Crippen LogP contribution in [0.2, 0.25) is 0 Å². The summed E-state index contributed by atoms with van der Waals surface area (Å²) in [4.78, 5) is 10.5. The third-order valence-electron chi connectivity index (χ3n) is 2.52. The summed E-state index contributed by atoms with van der Waals surface area (Å²) in [5, 5.41) is 3.88. The van der Waals surface area contributed by atoms with Crippen LogP contribution in [0.25, 0.3) is 0 Å². The van der Waals surface area contributed by atoms with Crippen molar-refractivity contribution in [2.45, 2.75) is 33.1 Å². The number of rotatable bonds is 5. The van der Waals surface area contributed by atoms with Gasteiger partial charge in [-0.1, -0.05) is 37.6 Å². The van der Waals surface area contributed by atoms with Crippen molar-refractivity contribution in [1.29, 1.82) is 0 Å². The molecular formula is C13H19N3O. The predicted molar refractivity (Wildman–Crippen MR) is 70.0 cm³/mol. The van der Waals surface area contributed by atoms with Crippen LogP contribution in [-0.2, 0) is 6.42 Å². The number of nitrogens with two attached hydrogens (primary N) is 1. The highest BCUT2D eigenvalue weighted by Gasteiger charge is 1.99. The zero-order chi connectivity index (χ0) is 12.7. The molecule has 0 heterocycles. The molecule has 0 aliphatic carbocycles. The molecule has 1 aromatic rings. The highest BCUT2D eigenvalue weighted by Crippen LogP contribution is 2.08. The van der Waals surface area contributed by atoms with Crippen LogP contribution in [0, 0.1) is 0 Å². The first-order chi connectivity index (χ1) is 8.13. The molecule has 4 nitrogen and oxygen atoms in total. The van der Waals surface area contributed by atoms with E-state index in [0.29, 0.717) is 0 Å². The van der Waals surface area contributed by atoms with E-state index < -0.39 is 6.03 Å². The smallest absolute Gasteiger partial charge is 0.332 e. The molecule has 0 saturated carbocycles. The third kappa shape index (κ3) is 4.68. The maximum Gasteiger partial charge on any atom is 0.332 e. The number of hydrazone groups is 1. The molecule has 0 saturated heterocycles. The molecule has 0 bridgehead atoms. The van der Waals surface area contributed by atoms with Crippen LogP contribution in [0.3, 0.4) is 0 Å². The molecule has 0 radical (unpaired) electrons. The van der Waals surface area contributed by atoms with E-state index in [1.807, 2.05) is 19.1 Å². The fraction of sp³-hybridized carbons (Fsp3) is 0.385. The van der Waals surface area contributed by atoms with E-state index in [-0.39, 0.29) is 0 Å². The lowest BCUT2D eigenvalue weighted by atomic mass is 10.0. The molecule has 0 aromatic heterocycles. The predicted octanol–water partition coefficient (Wildman–Crippen LogP) is 2.42. The van der Waals surface area contributed by atoms with Crippen LogP contribution < -0.4 is 11.2 Å². The van der Waals surface area contributed by atoms with E-state index in [0.717, 1.165) is 17.7 Å². The Morgan fingerprint density at radius 3 is 2.53 bits per heavy atom. The number of hydrogen-bond donors (Lipinski definition) is 2. The fourth-order valence-corrected chi connectivity index (χ4v) is 1.50. The number of urea groups is 1. The number of carbonyl (C=O) groups excluding carboxylic acids is 1. The van der Waals surface area contributed by atoms with E-state index >= 15 is 0 Å². The summed E-state index contributed by atoms with van der Waals surface area (Å²) in [7, 11) is 0. The van der Waals surface area contributed by atoms with Crippen molar-refractivity contribution < 1.29 is 4.79 Å². The van der Waals surface area contributed by atoms with Gasteiger partial charge in [0.1, 0.15) is 0 Å². The van der Waals surface area contributed by atoms with Crippen LogP contribution in [0.4, 0.5) is 4.79 Å². The molecule has 3 N–H and O–H groups in total. The van der Waals surface area contributed by atoms with Gasteiger partial charge in [-0.25, -0.2) is 10.2 Å². The zero-order valence-corrected chi connectivity index (χ0v) is 10.4. The van der Waals surface area contributed by atoms with Crippen molar-refractivity contribution >= 4 is 11.7 Å². The quantitative estimate of drug-likeness (QED) is 0.595. The molecule has 2 amide bonds. The Morgan fingerprint density at radius 1 is 1.35 bits per heavy atom. The molecule has 0 fully saturated rings. The summed E-state index contributed by atoms with van der Waals surface area (Å²) < 4.78 is 0. The Hall–Kier alpha value is -1.84. The minimum Gasteiger partial charge on any atom is -0.350 e. The van der Waals surface area contributed by atoms with Gasteiger partial charge in [0.25, 0.3) is 0 Å². The summed E-state index contributed by atoms with van der Waals surface area (Å²) in [6, 6.07) is 7.55. The number of primary amides is 1. The van der Waals surface area contributed by atoms with Crippen LogP contribution in [-0.4, -0.2) is 11.7 Å². The number of unbranched alkanes of at least 4 members (excludes halogenated alkanes) is 1. The molecule has 17 heavy (non-hydrogen) atoms. The van der Waals surface area contributed by atoms with Gasteiger partial charge in [-0.05, 0) is 30.9 Å². The van der Waals surface area contributed by atoms with Gasteiger partial charge in [0.05, 0.1) is 5.71 Å². The molecule has 0 atom stereocenters. The van der Waals surface area contributed by atoms with Crippen LogP contribution in [0.1, 0.15) is 37.8 Å². The number of hydrogen-bond acceptors (Lipinski definition) is 2. The Balaban J connectivity index is 2.66. The lowest BCUT2D eigenvalue weighted by Crippen LogP contribution is -2.25. The first-order valence-electron chi connectivity index (χ1n) is 5.82. The fourth-order valence-electron chi connectivity index (χ4n) is 1.50. The summed E-state index contributed by atoms with van der Waals surface area (Å²) in [6.45, 7) is 4.01. The maximum absolute atomic E-state index is 10.5. The second kappa shape index (κ2) is 6.68. The summed E-state index contributed by atoms with van der Waals surface area (Å²) in [5.41, 5.74) is 10.2.